The highest BCUT2D eigenvalue weighted by atomic mass is 32.1. The van der Waals surface area contributed by atoms with Crippen LogP contribution in [0.5, 0.6) is 0 Å². The number of hydrogen-bond donors (Lipinski definition) is 1. The van der Waals surface area contributed by atoms with E-state index in [4.69, 9.17) is 5.26 Å². The third-order valence-electron chi connectivity index (χ3n) is 2.27. The van der Waals surface area contributed by atoms with E-state index in [2.05, 4.69) is 10.3 Å². The molecule has 0 aliphatic rings. The van der Waals surface area contributed by atoms with E-state index < -0.39 is 5.82 Å². The molecule has 17 heavy (non-hydrogen) atoms. The minimum absolute atomic E-state index is 0.0814. The van der Waals surface area contributed by atoms with Gasteiger partial charge < -0.3 is 5.32 Å². The van der Waals surface area contributed by atoms with Crippen molar-refractivity contribution >= 4 is 11.3 Å². The lowest BCUT2D eigenvalue weighted by molar-refractivity contribution is 0.620. The van der Waals surface area contributed by atoms with Gasteiger partial charge in [-0.15, -0.1) is 11.3 Å². The summed E-state index contributed by atoms with van der Waals surface area (Å²) in [5.74, 6) is -0.476. The Morgan fingerprint density at radius 2 is 2.29 bits per heavy atom. The second-order valence-electron chi connectivity index (χ2n) is 3.51. The number of aromatic nitrogens is 1. The molecule has 0 unspecified atom stereocenters. The molecule has 0 fully saturated rings. The predicted molar refractivity (Wildman–Crippen MR) is 63.8 cm³/mol. The Hall–Kier alpha value is -1.77. The highest BCUT2D eigenvalue weighted by molar-refractivity contribution is 7.07. The van der Waals surface area contributed by atoms with Crippen LogP contribution < -0.4 is 5.32 Å². The second-order valence-corrected chi connectivity index (χ2v) is 4.23. The zero-order valence-electron chi connectivity index (χ0n) is 8.98. The number of thiazole rings is 1. The summed E-state index contributed by atoms with van der Waals surface area (Å²) in [5, 5.41) is 13.9. The van der Waals surface area contributed by atoms with Crippen LogP contribution in [-0.4, -0.2) is 4.98 Å². The van der Waals surface area contributed by atoms with Crippen molar-refractivity contribution in [3.05, 3.63) is 51.7 Å². The van der Waals surface area contributed by atoms with Gasteiger partial charge in [-0.2, -0.15) is 5.26 Å². The molecule has 0 amide bonds. The van der Waals surface area contributed by atoms with Crippen LogP contribution >= 0.6 is 11.3 Å². The first kappa shape index (κ1) is 11.7. The number of nitrogens with zero attached hydrogens (tertiary/aromatic N) is 2. The van der Waals surface area contributed by atoms with E-state index >= 15 is 0 Å². The summed E-state index contributed by atoms with van der Waals surface area (Å²) in [6.07, 6.45) is 0. The van der Waals surface area contributed by atoms with Crippen molar-refractivity contribution in [2.45, 2.75) is 13.1 Å². The molecule has 0 radical (unpaired) electrons. The molecule has 2 aromatic rings. The number of rotatable bonds is 4. The predicted octanol–water partition coefficient (Wildman–Crippen LogP) is 2.44. The van der Waals surface area contributed by atoms with Crippen LogP contribution in [0.15, 0.2) is 29.1 Å². The monoisotopic (exact) mass is 247 g/mol. The lowest BCUT2D eigenvalue weighted by atomic mass is 10.1. The maximum Gasteiger partial charge on any atom is 0.140 e. The van der Waals surface area contributed by atoms with Crippen molar-refractivity contribution in [1.82, 2.24) is 10.3 Å². The molecule has 0 spiro atoms. The van der Waals surface area contributed by atoms with Gasteiger partial charge in [0.25, 0.3) is 0 Å². The zero-order valence-corrected chi connectivity index (χ0v) is 9.80. The van der Waals surface area contributed by atoms with Gasteiger partial charge in [0.2, 0.25) is 0 Å². The molecule has 1 N–H and O–H groups in total. The van der Waals surface area contributed by atoms with Crippen LogP contribution in [-0.2, 0) is 13.1 Å². The quantitative estimate of drug-likeness (QED) is 0.902. The normalized spacial score (nSPS) is 10.1. The number of benzene rings is 1. The molecule has 1 aromatic carbocycles. The molecule has 0 aliphatic carbocycles. The summed E-state index contributed by atoms with van der Waals surface area (Å²) in [6, 6.07) is 6.37. The van der Waals surface area contributed by atoms with Gasteiger partial charge in [-0.1, -0.05) is 6.07 Å². The van der Waals surface area contributed by atoms with Crippen LogP contribution in [0.1, 0.15) is 16.8 Å². The van der Waals surface area contributed by atoms with Gasteiger partial charge >= 0.3 is 0 Å². The van der Waals surface area contributed by atoms with Crippen molar-refractivity contribution < 1.29 is 4.39 Å². The van der Waals surface area contributed by atoms with Crippen LogP contribution in [0.25, 0.3) is 0 Å². The van der Waals surface area contributed by atoms with Crippen LogP contribution in [0.4, 0.5) is 4.39 Å². The SMILES string of the molecule is N#Cc1cc(CNCc2cscn2)ccc1F. The minimum Gasteiger partial charge on any atom is -0.307 e. The average Bonchev–Trinajstić information content (AvgIpc) is 2.84. The Balaban J connectivity index is 1.93. The highest BCUT2D eigenvalue weighted by Gasteiger charge is 2.02. The number of nitrogens with one attached hydrogen (secondary N) is 1. The first-order valence-electron chi connectivity index (χ1n) is 5.06. The fourth-order valence-corrected chi connectivity index (χ4v) is 1.99. The van der Waals surface area contributed by atoms with Gasteiger partial charge in [0.1, 0.15) is 11.9 Å². The number of hydrogen-bond acceptors (Lipinski definition) is 4. The number of nitriles is 1. The largest absolute Gasteiger partial charge is 0.307 e. The molecular formula is C12H10FN3S. The first-order valence-corrected chi connectivity index (χ1v) is 6.00. The van der Waals surface area contributed by atoms with E-state index in [0.717, 1.165) is 11.3 Å². The highest BCUT2D eigenvalue weighted by Crippen LogP contribution is 2.09. The molecule has 5 heteroatoms. The second kappa shape index (κ2) is 5.53. The van der Waals surface area contributed by atoms with E-state index in [0.29, 0.717) is 13.1 Å². The molecule has 1 aromatic heterocycles. The van der Waals surface area contributed by atoms with Gasteiger partial charge in [0, 0.05) is 18.5 Å². The first-order chi connectivity index (χ1) is 8.29. The molecule has 0 atom stereocenters. The minimum atomic E-state index is -0.476. The van der Waals surface area contributed by atoms with Gasteiger partial charge in [-0.25, -0.2) is 9.37 Å². The summed E-state index contributed by atoms with van der Waals surface area (Å²) in [6.45, 7) is 1.26. The lowest BCUT2D eigenvalue weighted by Gasteiger charge is -2.03. The van der Waals surface area contributed by atoms with Crippen molar-refractivity contribution in [3.8, 4) is 6.07 Å². The van der Waals surface area contributed by atoms with Gasteiger partial charge in [-0.3, -0.25) is 0 Å². The Morgan fingerprint density at radius 1 is 1.41 bits per heavy atom. The average molecular weight is 247 g/mol. The molecule has 0 bridgehead atoms. The topological polar surface area (TPSA) is 48.7 Å². The lowest BCUT2D eigenvalue weighted by Crippen LogP contribution is -2.13. The molecular weight excluding hydrogens is 237 g/mol. The fourth-order valence-electron chi connectivity index (χ4n) is 1.43. The molecule has 1 heterocycles. The van der Waals surface area contributed by atoms with Gasteiger partial charge in [0.15, 0.2) is 0 Å². The van der Waals surface area contributed by atoms with Crippen molar-refractivity contribution in [2.75, 3.05) is 0 Å². The summed E-state index contributed by atoms with van der Waals surface area (Å²) in [7, 11) is 0. The maximum absolute atomic E-state index is 13.1. The van der Waals surface area contributed by atoms with Crippen molar-refractivity contribution in [2.24, 2.45) is 0 Å². The summed E-state index contributed by atoms with van der Waals surface area (Å²) < 4.78 is 13.1. The Labute approximate surface area is 103 Å². The Kier molecular flexibility index (Phi) is 3.81. The van der Waals surface area contributed by atoms with E-state index in [9.17, 15) is 4.39 Å². The Bertz CT molecular complexity index is 531. The zero-order chi connectivity index (χ0) is 12.1. The van der Waals surface area contributed by atoms with Gasteiger partial charge in [-0.05, 0) is 17.7 Å². The van der Waals surface area contributed by atoms with Crippen molar-refractivity contribution in [1.29, 1.82) is 5.26 Å². The van der Waals surface area contributed by atoms with E-state index in [1.807, 2.05) is 11.4 Å². The summed E-state index contributed by atoms with van der Waals surface area (Å²) >= 11 is 1.55. The van der Waals surface area contributed by atoms with Crippen LogP contribution in [0, 0.1) is 17.1 Å². The molecule has 86 valence electrons. The molecule has 3 nitrogen and oxygen atoms in total. The fraction of sp³-hybridized carbons (Fsp3) is 0.167. The van der Waals surface area contributed by atoms with Crippen LogP contribution in [0.2, 0.25) is 0 Å². The van der Waals surface area contributed by atoms with E-state index in [1.165, 1.54) is 6.07 Å². The maximum atomic E-state index is 13.1. The van der Waals surface area contributed by atoms with E-state index in [1.54, 1.807) is 29.0 Å². The molecule has 0 saturated carbocycles. The Morgan fingerprint density at radius 3 is 3.00 bits per heavy atom. The summed E-state index contributed by atoms with van der Waals surface area (Å²) in [5.41, 5.74) is 3.73. The molecule has 0 aliphatic heterocycles. The van der Waals surface area contributed by atoms with E-state index in [-0.39, 0.29) is 5.56 Å². The summed E-state index contributed by atoms with van der Waals surface area (Å²) in [4.78, 5) is 4.14. The van der Waals surface area contributed by atoms with Crippen molar-refractivity contribution in [3.63, 3.8) is 0 Å². The molecule has 2 rings (SSSR count). The standard InChI is InChI=1S/C12H10FN3S/c13-12-2-1-9(3-10(12)4-14)5-15-6-11-7-17-8-16-11/h1-3,7-8,15H,5-6H2. The van der Waals surface area contributed by atoms with Gasteiger partial charge in [0.05, 0.1) is 16.8 Å². The van der Waals surface area contributed by atoms with Crippen LogP contribution in [0.3, 0.4) is 0 Å². The third kappa shape index (κ3) is 3.09. The smallest absolute Gasteiger partial charge is 0.140 e. The third-order valence-corrected chi connectivity index (χ3v) is 2.91. The number of halogens is 1. The molecule has 0 saturated heterocycles.